The molecule has 2 amide bonds. The summed E-state index contributed by atoms with van der Waals surface area (Å²) in [6.07, 6.45) is 1.19. The summed E-state index contributed by atoms with van der Waals surface area (Å²) in [5.74, 6) is 1.90. The molecule has 202 valence electrons. The summed E-state index contributed by atoms with van der Waals surface area (Å²) in [6.45, 7) is 1.93. The van der Waals surface area contributed by atoms with E-state index in [1.54, 1.807) is 24.1 Å². The molecule has 3 saturated heterocycles. The summed E-state index contributed by atoms with van der Waals surface area (Å²) >= 11 is 1.89. The molecule has 11 heteroatoms. The van der Waals surface area contributed by atoms with Crippen molar-refractivity contribution in [2.45, 2.75) is 48.6 Å². The molecule has 2 bridgehead atoms. The van der Waals surface area contributed by atoms with E-state index in [4.69, 9.17) is 9.47 Å². The van der Waals surface area contributed by atoms with Gasteiger partial charge in [0, 0.05) is 42.8 Å². The van der Waals surface area contributed by atoms with E-state index in [0.29, 0.717) is 23.9 Å². The van der Waals surface area contributed by atoms with Crippen LogP contribution in [-0.4, -0.2) is 88.8 Å². The van der Waals surface area contributed by atoms with Gasteiger partial charge in [-0.25, -0.2) is 4.79 Å². The van der Waals surface area contributed by atoms with Crippen LogP contribution in [0.3, 0.4) is 0 Å². The fourth-order valence-electron chi connectivity index (χ4n) is 5.59. The molecule has 0 aliphatic carbocycles. The number of likely N-dealkylation sites (N-methyl/N-ethyl adjacent to an activating group) is 1. The van der Waals surface area contributed by atoms with E-state index < -0.39 is 11.0 Å². The molecule has 0 aromatic heterocycles. The van der Waals surface area contributed by atoms with Crippen LogP contribution < -0.4 is 4.74 Å². The molecule has 0 saturated carbocycles. The van der Waals surface area contributed by atoms with Crippen LogP contribution in [0.1, 0.15) is 24.0 Å². The predicted octanol–water partition coefficient (Wildman–Crippen LogP) is 3.53. The Bertz CT molecular complexity index is 1180. The average molecular weight is 541 g/mol. The molecular formula is C27H32N4O6S. The summed E-state index contributed by atoms with van der Waals surface area (Å²) in [7, 11) is 3.68. The molecule has 3 aliphatic rings. The lowest BCUT2D eigenvalue weighted by Gasteiger charge is -2.35. The van der Waals surface area contributed by atoms with Crippen molar-refractivity contribution in [3.63, 3.8) is 0 Å². The second kappa shape index (κ2) is 11.2. The summed E-state index contributed by atoms with van der Waals surface area (Å²) in [6, 6.07) is 13.9. The van der Waals surface area contributed by atoms with Crippen molar-refractivity contribution in [2.75, 3.05) is 33.8 Å². The lowest BCUT2D eigenvalue weighted by atomic mass is 10.1. The highest BCUT2D eigenvalue weighted by Gasteiger charge is 2.50. The monoisotopic (exact) mass is 540 g/mol. The number of likely N-dealkylation sites (tertiary alicyclic amines) is 3. The first-order valence-corrected chi connectivity index (χ1v) is 13.8. The predicted molar refractivity (Wildman–Crippen MR) is 143 cm³/mol. The average Bonchev–Trinajstić information content (AvgIpc) is 3.65. The fraction of sp³-hybridized carbons (Fsp3) is 0.481. The molecule has 0 spiro atoms. The second-order valence-corrected chi connectivity index (χ2v) is 11.4. The first-order valence-electron chi connectivity index (χ1n) is 12.7. The molecule has 4 atom stereocenters. The third kappa shape index (κ3) is 5.58. The normalized spacial score (nSPS) is 24.6. The Hall–Kier alpha value is -3.31. The molecule has 38 heavy (non-hydrogen) atoms. The molecule has 0 unspecified atom stereocenters. The lowest BCUT2D eigenvalue weighted by molar-refractivity contribution is -0.384. The SMILES string of the molecule is COc1ccc(CS[C@H]2C[C@@H](C(=O)N3C[C@@H]4C[C@H]3CN4C(=O)OCc3ccc([N+](=O)[O-])cc3)N(C)C2)cc1. The minimum atomic E-state index is -0.464. The molecule has 5 rings (SSSR count). The number of rotatable bonds is 8. The number of non-ortho nitro benzene ring substituents is 1. The number of benzene rings is 2. The highest BCUT2D eigenvalue weighted by Crippen LogP contribution is 2.35. The van der Waals surface area contributed by atoms with Crippen molar-refractivity contribution in [3.8, 4) is 5.75 Å². The zero-order valence-electron chi connectivity index (χ0n) is 21.5. The van der Waals surface area contributed by atoms with Gasteiger partial charge in [0.25, 0.3) is 5.69 Å². The maximum absolute atomic E-state index is 13.5. The molecule has 3 heterocycles. The van der Waals surface area contributed by atoms with Crippen LogP contribution in [0.15, 0.2) is 48.5 Å². The van der Waals surface area contributed by atoms with Gasteiger partial charge in [-0.05, 0) is 55.3 Å². The van der Waals surface area contributed by atoms with Gasteiger partial charge in [0.1, 0.15) is 12.4 Å². The van der Waals surface area contributed by atoms with Gasteiger partial charge in [0.05, 0.1) is 30.2 Å². The third-order valence-corrected chi connectivity index (χ3v) is 9.02. The van der Waals surface area contributed by atoms with Crippen molar-refractivity contribution in [2.24, 2.45) is 0 Å². The number of piperazine rings is 1. The first kappa shape index (κ1) is 26.3. The molecule has 3 fully saturated rings. The Balaban J connectivity index is 1.09. The molecular weight excluding hydrogens is 508 g/mol. The van der Waals surface area contributed by atoms with Crippen LogP contribution >= 0.6 is 11.8 Å². The van der Waals surface area contributed by atoms with Crippen LogP contribution in [-0.2, 0) is 21.9 Å². The Morgan fingerprint density at radius 3 is 2.26 bits per heavy atom. The molecule has 0 N–H and O–H groups in total. The van der Waals surface area contributed by atoms with Crippen molar-refractivity contribution in [3.05, 3.63) is 69.8 Å². The standard InChI is InChI=1S/C27H32N4O6S/c1-28-15-24(38-17-19-5-9-23(36-2)10-6-19)12-25(28)26(32)29-13-22-11-21(29)14-30(22)27(33)37-16-18-3-7-20(8-4-18)31(34)35/h3-10,21-22,24-25H,11-17H2,1-2H3/t21-,22-,24-,25-/m0/s1. The van der Waals surface area contributed by atoms with Gasteiger partial charge in [-0.2, -0.15) is 11.8 Å². The van der Waals surface area contributed by atoms with E-state index in [9.17, 15) is 19.7 Å². The van der Waals surface area contributed by atoms with E-state index in [-0.39, 0.29) is 36.3 Å². The minimum absolute atomic E-state index is 0.00301. The number of ether oxygens (including phenoxy) is 2. The molecule has 10 nitrogen and oxygen atoms in total. The molecule has 3 aliphatic heterocycles. The second-order valence-electron chi connectivity index (χ2n) is 10.1. The van der Waals surface area contributed by atoms with E-state index in [1.165, 1.54) is 17.7 Å². The molecule has 2 aromatic carbocycles. The van der Waals surface area contributed by atoms with Crippen molar-refractivity contribution >= 4 is 29.4 Å². The van der Waals surface area contributed by atoms with E-state index in [2.05, 4.69) is 17.0 Å². The van der Waals surface area contributed by atoms with E-state index in [1.807, 2.05) is 35.8 Å². The van der Waals surface area contributed by atoms with Gasteiger partial charge in [-0.3, -0.25) is 19.8 Å². The number of thioether (sulfide) groups is 1. The Morgan fingerprint density at radius 1 is 0.974 bits per heavy atom. The highest BCUT2D eigenvalue weighted by atomic mass is 32.2. The minimum Gasteiger partial charge on any atom is -0.497 e. The van der Waals surface area contributed by atoms with E-state index >= 15 is 0 Å². The van der Waals surface area contributed by atoms with Gasteiger partial charge >= 0.3 is 6.09 Å². The number of methoxy groups -OCH3 is 1. The molecule has 2 aromatic rings. The van der Waals surface area contributed by atoms with E-state index in [0.717, 1.165) is 30.9 Å². The number of nitrogens with zero attached hydrogens (tertiary/aromatic N) is 4. The van der Waals surface area contributed by atoms with Crippen LogP contribution in [0, 0.1) is 10.1 Å². The van der Waals surface area contributed by atoms with Crippen molar-refractivity contribution in [1.29, 1.82) is 0 Å². The Morgan fingerprint density at radius 2 is 1.63 bits per heavy atom. The van der Waals surface area contributed by atoms with Crippen LogP contribution in [0.5, 0.6) is 5.75 Å². The quantitative estimate of drug-likeness (QED) is 0.370. The van der Waals surface area contributed by atoms with Gasteiger partial charge in [-0.15, -0.1) is 0 Å². The highest BCUT2D eigenvalue weighted by molar-refractivity contribution is 7.99. The van der Waals surface area contributed by atoms with Crippen LogP contribution in [0.2, 0.25) is 0 Å². The summed E-state index contributed by atoms with van der Waals surface area (Å²) < 4.78 is 10.7. The van der Waals surface area contributed by atoms with Gasteiger partial charge in [0.15, 0.2) is 0 Å². The maximum atomic E-state index is 13.5. The number of hydrogen-bond acceptors (Lipinski definition) is 8. The Labute approximate surface area is 226 Å². The van der Waals surface area contributed by atoms with Crippen LogP contribution in [0.25, 0.3) is 0 Å². The lowest BCUT2D eigenvalue weighted by Crippen LogP contribution is -2.54. The van der Waals surface area contributed by atoms with Gasteiger partial charge in [-0.1, -0.05) is 12.1 Å². The largest absolute Gasteiger partial charge is 0.497 e. The number of nitro groups is 1. The number of carbonyl (C=O) groups is 2. The smallest absolute Gasteiger partial charge is 0.410 e. The van der Waals surface area contributed by atoms with Crippen LogP contribution in [0.4, 0.5) is 10.5 Å². The number of fused-ring (bicyclic) bond motifs is 2. The van der Waals surface area contributed by atoms with Gasteiger partial charge in [0.2, 0.25) is 5.91 Å². The maximum Gasteiger partial charge on any atom is 0.410 e. The first-order chi connectivity index (χ1) is 18.3. The zero-order chi connectivity index (χ0) is 26.8. The Kier molecular flexibility index (Phi) is 7.75. The molecule has 0 radical (unpaired) electrons. The van der Waals surface area contributed by atoms with Crippen molar-refractivity contribution < 1.29 is 24.0 Å². The number of nitro benzene ring substituents is 1. The number of carbonyl (C=O) groups excluding carboxylic acids is 2. The topological polar surface area (TPSA) is 105 Å². The zero-order valence-corrected chi connectivity index (χ0v) is 22.3. The number of hydrogen-bond donors (Lipinski definition) is 0. The summed E-state index contributed by atoms with van der Waals surface area (Å²) in [4.78, 5) is 42.4. The van der Waals surface area contributed by atoms with Gasteiger partial charge < -0.3 is 19.3 Å². The fourth-order valence-corrected chi connectivity index (χ4v) is 6.87. The summed E-state index contributed by atoms with van der Waals surface area (Å²) in [5.41, 5.74) is 1.93. The summed E-state index contributed by atoms with van der Waals surface area (Å²) in [5, 5.41) is 11.2. The number of amides is 2. The van der Waals surface area contributed by atoms with Crippen molar-refractivity contribution in [1.82, 2.24) is 14.7 Å². The third-order valence-electron chi connectivity index (χ3n) is 7.71.